The van der Waals surface area contributed by atoms with E-state index in [2.05, 4.69) is 89.8 Å². The summed E-state index contributed by atoms with van der Waals surface area (Å²) in [5, 5.41) is 9.76. The Morgan fingerprint density at radius 2 is 1.14 bits per heavy atom. The zero-order valence-electron chi connectivity index (χ0n) is 16.4. The van der Waals surface area contributed by atoms with Gasteiger partial charge in [-0.15, -0.1) is 0 Å². The molecule has 0 amide bonds. The highest BCUT2D eigenvalue weighted by Crippen LogP contribution is 2.34. The van der Waals surface area contributed by atoms with Gasteiger partial charge in [0.2, 0.25) is 0 Å². The van der Waals surface area contributed by atoms with Crippen molar-refractivity contribution in [3.63, 3.8) is 0 Å². The number of aliphatic hydroxyl groups excluding tert-OH is 1. The smallest absolute Gasteiger partial charge is 0.0540 e. The number of anilines is 1. The Hall–Kier alpha value is -2.58. The zero-order valence-corrected chi connectivity index (χ0v) is 16.4. The van der Waals surface area contributed by atoms with Crippen LogP contribution in [0.25, 0.3) is 0 Å². The Morgan fingerprint density at radius 1 is 0.643 bits per heavy atom. The molecule has 0 aromatic heterocycles. The molecule has 1 aliphatic rings. The lowest BCUT2D eigenvalue weighted by Gasteiger charge is -2.28. The summed E-state index contributed by atoms with van der Waals surface area (Å²) < 4.78 is 0. The highest BCUT2D eigenvalue weighted by atomic mass is 16.3. The molecule has 3 aromatic rings. The summed E-state index contributed by atoms with van der Waals surface area (Å²) >= 11 is 0. The summed E-state index contributed by atoms with van der Waals surface area (Å²) in [6.45, 7) is 1.79. The summed E-state index contributed by atoms with van der Waals surface area (Å²) in [5.41, 5.74) is 5.31. The van der Waals surface area contributed by atoms with E-state index >= 15 is 0 Å². The van der Waals surface area contributed by atoms with Crippen molar-refractivity contribution < 1.29 is 5.11 Å². The molecule has 1 fully saturated rings. The van der Waals surface area contributed by atoms with E-state index in [1.165, 1.54) is 22.4 Å². The van der Waals surface area contributed by atoms with Crippen LogP contribution in [-0.4, -0.2) is 11.2 Å². The lowest BCUT2D eigenvalue weighted by atomic mass is 9.83. The van der Waals surface area contributed by atoms with Crippen LogP contribution in [0.3, 0.4) is 0 Å². The molecule has 0 saturated heterocycles. The summed E-state index contributed by atoms with van der Waals surface area (Å²) in [5.74, 6) is 0.592. The molecule has 0 aliphatic heterocycles. The molecule has 144 valence electrons. The minimum atomic E-state index is -0.0947. The zero-order chi connectivity index (χ0) is 19.2. The molecular formula is C26H29NO. The quantitative estimate of drug-likeness (QED) is 0.582. The first-order valence-electron chi connectivity index (χ1n) is 10.4. The standard InChI is InChI=1S/C26H29NO/c28-26-17-13-24(14-18-26)23-11-15-25(16-12-23)27(19-21-7-3-1-4-8-21)20-22-9-5-2-6-10-22/h1-12,15-16,24,26,28H,13-14,17-20H2/t24-,26-. The van der Waals surface area contributed by atoms with Crippen molar-refractivity contribution in [1.29, 1.82) is 0 Å². The van der Waals surface area contributed by atoms with Crippen LogP contribution in [0.2, 0.25) is 0 Å². The molecule has 0 unspecified atom stereocenters. The molecular weight excluding hydrogens is 342 g/mol. The molecule has 2 heteroatoms. The first-order chi connectivity index (χ1) is 13.8. The molecule has 0 spiro atoms. The molecule has 0 atom stereocenters. The van der Waals surface area contributed by atoms with Gasteiger partial charge in [0.25, 0.3) is 0 Å². The number of aliphatic hydroxyl groups is 1. The first-order valence-corrected chi connectivity index (χ1v) is 10.4. The maximum Gasteiger partial charge on any atom is 0.0540 e. The van der Waals surface area contributed by atoms with Gasteiger partial charge in [-0.1, -0.05) is 72.8 Å². The molecule has 0 heterocycles. The minimum absolute atomic E-state index is 0.0947. The number of rotatable bonds is 6. The van der Waals surface area contributed by atoms with Gasteiger partial charge in [0.1, 0.15) is 0 Å². The number of benzene rings is 3. The molecule has 0 radical (unpaired) electrons. The van der Waals surface area contributed by atoms with Crippen LogP contribution in [0.15, 0.2) is 84.9 Å². The van der Waals surface area contributed by atoms with E-state index in [-0.39, 0.29) is 6.10 Å². The number of hydrogen-bond acceptors (Lipinski definition) is 2. The third kappa shape index (κ3) is 4.82. The summed E-state index contributed by atoms with van der Waals surface area (Å²) in [6, 6.07) is 30.5. The fraction of sp³-hybridized carbons (Fsp3) is 0.308. The van der Waals surface area contributed by atoms with Crippen molar-refractivity contribution >= 4 is 5.69 Å². The maximum atomic E-state index is 9.76. The van der Waals surface area contributed by atoms with E-state index in [1.54, 1.807) is 0 Å². The van der Waals surface area contributed by atoms with Crippen LogP contribution >= 0.6 is 0 Å². The second kappa shape index (κ2) is 9.07. The van der Waals surface area contributed by atoms with Crippen molar-refractivity contribution in [2.45, 2.75) is 50.8 Å². The Morgan fingerprint density at radius 3 is 1.64 bits per heavy atom. The Labute approximate surface area is 168 Å². The third-order valence-corrected chi connectivity index (χ3v) is 5.86. The SMILES string of the molecule is O[C@H]1CC[C@H](c2ccc(N(Cc3ccccc3)Cc3ccccc3)cc2)CC1. The normalized spacial score (nSPS) is 19.3. The van der Waals surface area contributed by atoms with Crippen LogP contribution in [0.1, 0.15) is 48.3 Å². The topological polar surface area (TPSA) is 23.5 Å². The average Bonchev–Trinajstić information content (AvgIpc) is 2.75. The predicted molar refractivity (Wildman–Crippen MR) is 116 cm³/mol. The van der Waals surface area contributed by atoms with Crippen molar-refractivity contribution in [2.75, 3.05) is 4.90 Å². The van der Waals surface area contributed by atoms with E-state index in [0.29, 0.717) is 5.92 Å². The second-order valence-electron chi connectivity index (χ2n) is 7.92. The minimum Gasteiger partial charge on any atom is -0.393 e. The van der Waals surface area contributed by atoms with Gasteiger partial charge < -0.3 is 10.0 Å². The fourth-order valence-corrected chi connectivity index (χ4v) is 4.21. The van der Waals surface area contributed by atoms with E-state index in [0.717, 1.165) is 38.8 Å². The molecule has 28 heavy (non-hydrogen) atoms. The van der Waals surface area contributed by atoms with E-state index in [9.17, 15) is 5.11 Å². The molecule has 2 nitrogen and oxygen atoms in total. The maximum absolute atomic E-state index is 9.76. The Bertz CT molecular complexity index is 795. The first kappa shape index (κ1) is 18.8. The van der Waals surface area contributed by atoms with Gasteiger partial charge in [0.05, 0.1) is 6.10 Å². The number of nitrogens with zero attached hydrogens (tertiary/aromatic N) is 1. The van der Waals surface area contributed by atoms with Gasteiger partial charge in [0.15, 0.2) is 0 Å². The highest BCUT2D eigenvalue weighted by molar-refractivity contribution is 5.49. The summed E-state index contributed by atoms with van der Waals surface area (Å²) in [7, 11) is 0. The van der Waals surface area contributed by atoms with Crippen LogP contribution in [0, 0.1) is 0 Å². The van der Waals surface area contributed by atoms with Gasteiger partial charge in [-0.3, -0.25) is 0 Å². The fourth-order valence-electron chi connectivity index (χ4n) is 4.21. The third-order valence-electron chi connectivity index (χ3n) is 5.86. The van der Waals surface area contributed by atoms with Crippen molar-refractivity contribution in [3.05, 3.63) is 102 Å². The largest absolute Gasteiger partial charge is 0.393 e. The van der Waals surface area contributed by atoms with Gasteiger partial charge in [0, 0.05) is 18.8 Å². The van der Waals surface area contributed by atoms with Gasteiger partial charge in [-0.05, 0) is 60.4 Å². The van der Waals surface area contributed by atoms with Crippen LogP contribution in [0.4, 0.5) is 5.69 Å². The lowest BCUT2D eigenvalue weighted by Crippen LogP contribution is -2.22. The van der Waals surface area contributed by atoms with Crippen LogP contribution in [0.5, 0.6) is 0 Å². The van der Waals surface area contributed by atoms with Crippen molar-refractivity contribution in [1.82, 2.24) is 0 Å². The molecule has 0 bridgehead atoms. The molecule has 1 saturated carbocycles. The second-order valence-corrected chi connectivity index (χ2v) is 7.92. The average molecular weight is 372 g/mol. The summed E-state index contributed by atoms with van der Waals surface area (Å²) in [6.07, 6.45) is 3.96. The molecule has 1 aliphatic carbocycles. The molecule has 4 rings (SSSR count). The van der Waals surface area contributed by atoms with E-state index in [1.807, 2.05) is 0 Å². The lowest BCUT2D eigenvalue weighted by molar-refractivity contribution is 0.122. The van der Waals surface area contributed by atoms with Crippen LogP contribution < -0.4 is 4.90 Å². The van der Waals surface area contributed by atoms with Gasteiger partial charge in [-0.25, -0.2) is 0 Å². The monoisotopic (exact) mass is 371 g/mol. The van der Waals surface area contributed by atoms with Gasteiger partial charge >= 0.3 is 0 Å². The number of hydrogen-bond donors (Lipinski definition) is 1. The molecule has 3 aromatic carbocycles. The van der Waals surface area contributed by atoms with Crippen molar-refractivity contribution in [2.24, 2.45) is 0 Å². The Kier molecular flexibility index (Phi) is 6.08. The van der Waals surface area contributed by atoms with Crippen LogP contribution in [-0.2, 0) is 13.1 Å². The van der Waals surface area contributed by atoms with Crippen molar-refractivity contribution in [3.8, 4) is 0 Å². The highest BCUT2D eigenvalue weighted by Gasteiger charge is 2.21. The molecule has 1 N–H and O–H groups in total. The van der Waals surface area contributed by atoms with E-state index < -0.39 is 0 Å². The van der Waals surface area contributed by atoms with Gasteiger partial charge in [-0.2, -0.15) is 0 Å². The Balaban J connectivity index is 1.53. The predicted octanol–water partition coefficient (Wildman–Crippen LogP) is 5.91. The van der Waals surface area contributed by atoms with E-state index in [4.69, 9.17) is 0 Å². The summed E-state index contributed by atoms with van der Waals surface area (Å²) in [4.78, 5) is 2.44.